The minimum atomic E-state index is -0.456. The van der Waals surface area contributed by atoms with Crippen LogP contribution >= 0.6 is 11.6 Å². The van der Waals surface area contributed by atoms with Gasteiger partial charge in [0.25, 0.3) is 0 Å². The van der Waals surface area contributed by atoms with E-state index in [1.807, 2.05) is 52.8 Å². The average molecular weight is 369 g/mol. The highest BCUT2D eigenvalue weighted by Gasteiger charge is 2.26. The number of hydrogen-bond donors (Lipinski definition) is 1. The molecule has 6 heteroatoms. The number of nitrogens with zero attached hydrogens (tertiary/aromatic N) is 1. The van der Waals surface area contributed by atoms with E-state index in [4.69, 9.17) is 21.1 Å². The van der Waals surface area contributed by atoms with Crippen LogP contribution in [0.2, 0.25) is 5.02 Å². The molecule has 1 N–H and O–H groups in total. The third-order valence-corrected chi connectivity index (χ3v) is 4.11. The highest BCUT2D eigenvalue weighted by atomic mass is 35.5. The molecule has 0 bridgehead atoms. The molecule has 25 heavy (non-hydrogen) atoms. The molecule has 0 spiro atoms. The van der Waals surface area contributed by atoms with Gasteiger partial charge in [0.1, 0.15) is 11.4 Å². The van der Waals surface area contributed by atoms with Gasteiger partial charge in [-0.25, -0.2) is 4.79 Å². The molecule has 1 heterocycles. The van der Waals surface area contributed by atoms with Crippen molar-refractivity contribution in [3.63, 3.8) is 0 Å². The number of hydrogen-bond acceptors (Lipinski definition) is 4. The number of rotatable bonds is 4. The van der Waals surface area contributed by atoms with E-state index in [2.05, 4.69) is 5.32 Å². The van der Waals surface area contributed by atoms with Crippen molar-refractivity contribution in [2.24, 2.45) is 0 Å². The van der Waals surface area contributed by atoms with Gasteiger partial charge in [-0.2, -0.15) is 0 Å². The Labute approximate surface area is 155 Å². The first-order valence-electron chi connectivity index (χ1n) is 8.85. The fourth-order valence-corrected chi connectivity index (χ4v) is 2.93. The van der Waals surface area contributed by atoms with Crippen LogP contribution in [0.4, 0.5) is 10.5 Å². The second-order valence-electron chi connectivity index (χ2n) is 7.70. The van der Waals surface area contributed by atoms with Gasteiger partial charge in [-0.3, -0.25) is 0 Å². The van der Waals surface area contributed by atoms with Crippen molar-refractivity contribution < 1.29 is 14.3 Å². The molecule has 1 aromatic rings. The van der Waals surface area contributed by atoms with Crippen molar-refractivity contribution in [1.82, 2.24) is 4.90 Å². The van der Waals surface area contributed by atoms with Gasteiger partial charge in [-0.05, 0) is 65.7 Å². The maximum absolute atomic E-state index is 12.1. The lowest BCUT2D eigenvalue weighted by molar-refractivity contribution is 0.0210. The van der Waals surface area contributed by atoms with Crippen LogP contribution in [0.5, 0.6) is 5.75 Å². The number of piperidine rings is 1. The number of likely N-dealkylation sites (tertiary alicyclic amines) is 1. The number of nitrogens with one attached hydrogen (secondary N) is 1. The number of ether oxygens (including phenoxy) is 2. The lowest BCUT2D eigenvalue weighted by Gasteiger charge is -2.34. The van der Waals surface area contributed by atoms with Crippen molar-refractivity contribution in [2.45, 2.75) is 65.2 Å². The molecule has 1 amide bonds. The standard InChI is InChI=1S/C19H29ClN2O3/c1-13(2)24-17-7-6-15(12-16(17)20)21-14-8-10-22(11-9-14)18(23)25-19(3,4)5/h6-7,12-14,21H,8-11H2,1-5H3. The van der Waals surface area contributed by atoms with Crippen LogP contribution in [-0.4, -0.2) is 41.8 Å². The number of amides is 1. The summed E-state index contributed by atoms with van der Waals surface area (Å²) >= 11 is 6.28. The summed E-state index contributed by atoms with van der Waals surface area (Å²) in [6.07, 6.45) is 1.61. The molecular weight excluding hydrogens is 340 g/mol. The molecule has 0 atom stereocenters. The van der Waals surface area contributed by atoms with Crippen LogP contribution in [0.1, 0.15) is 47.5 Å². The van der Waals surface area contributed by atoms with Crippen LogP contribution in [-0.2, 0) is 4.74 Å². The van der Waals surface area contributed by atoms with E-state index in [9.17, 15) is 4.79 Å². The van der Waals surface area contributed by atoms with Crippen LogP contribution in [0.25, 0.3) is 0 Å². The summed E-state index contributed by atoms with van der Waals surface area (Å²) in [5.41, 5.74) is 0.514. The first kappa shape index (κ1) is 19.7. The monoisotopic (exact) mass is 368 g/mol. The fraction of sp³-hybridized carbons (Fsp3) is 0.632. The smallest absolute Gasteiger partial charge is 0.410 e. The normalized spacial score (nSPS) is 16.0. The minimum absolute atomic E-state index is 0.0912. The molecule has 140 valence electrons. The van der Waals surface area contributed by atoms with Crippen LogP contribution in [0.15, 0.2) is 18.2 Å². The van der Waals surface area contributed by atoms with E-state index in [0.29, 0.717) is 29.9 Å². The van der Waals surface area contributed by atoms with E-state index < -0.39 is 5.60 Å². The third kappa shape index (κ3) is 6.31. The van der Waals surface area contributed by atoms with E-state index >= 15 is 0 Å². The van der Waals surface area contributed by atoms with Gasteiger partial charge >= 0.3 is 6.09 Å². The first-order chi connectivity index (χ1) is 11.6. The molecule has 1 aliphatic rings. The molecule has 1 fully saturated rings. The first-order valence-corrected chi connectivity index (χ1v) is 9.22. The minimum Gasteiger partial charge on any atom is -0.489 e. The molecule has 0 aliphatic carbocycles. The van der Waals surface area contributed by atoms with E-state index in [-0.39, 0.29) is 12.2 Å². The van der Waals surface area contributed by atoms with Crippen molar-refractivity contribution >= 4 is 23.4 Å². The maximum atomic E-state index is 12.1. The van der Waals surface area contributed by atoms with Gasteiger partial charge in [0, 0.05) is 24.8 Å². The van der Waals surface area contributed by atoms with Crippen LogP contribution < -0.4 is 10.1 Å². The quantitative estimate of drug-likeness (QED) is 0.817. The molecule has 0 aromatic heterocycles. The SMILES string of the molecule is CC(C)Oc1ccc(NC2CCN(C(=O)OC(C)(C)C)CC2)cc1Cl. The lowest BCUT2D eigenvalue weighted by atomic mass is 10.0. The molecule has 0 unspecified atom stereocenters. The topological polar surface area (TPSA) is 50.8 Å². The van der Waals surface area contributed by atoms with Crippen molar-refractivity contribution in [3.05, 3.63) is 23.2 Å². The Kier molecular flexibility index (Phi) is 6.44. The zero-order valence-electron chi connectivity index (χ0n) is 15.8. The second-order valence-corrected chi connectivity index (χ2v) is 8.11. The van der Waals surface area contributed by atoms with Crippen LogP contribution in [0, 0.1) is 0 Å². The van der Waals surface area contributed by atoms with Gasteiger partial charge in [-0.1, -0.05) is 11.6 Å². The lowest BCUT2D eigenvalue weighted by Crippen LogP contribution is -2.44. The Bertz CT molecular complexity index is 591. The zero-order chi connectivity index (χ0) is 18.6. The summed E-state index contributed by atoms with van der Waals surface area (Å²) in [6, 6.07) is 6.07. The molecule has 0 radical (unpaired) electrons. The van der Waals surface area contributed by atoms with E-state index in [0.717, 1.165) is 18.5 Å². The summed E-state index contributed by atoms with van der Waals surface area (Å²) < 4.78 is 11.1. The maximum Gasteiger partial charge on any atom is 0.410 e. The summed E-state index contributed by atoms with van der Waals surface area (Å²) in [5.74, 6) is 0.696. The Morgan fingerprint density at radius 1 is 1.28 bits per heavy atom. The Balaban J connectivity index is 1.86. The molecule has 1 saturated heterocycles. The van der Waals surface area contributed by atoms with E-state index in [1.54, 1.807) is 4.90 Å². The Morgan fingerprint density at radius 2 is 1.92 bits per heavy atom. The van der Waals surface area contributed by atoms with Crippen molar-refractivity contribution in [3.8, 4) is 5.75 Å². The van der Waals surface area contributed by atoms with Gasteiger partial charge in [0.15, 0.2) is 0 Å². The van der Waals surface area contributed by atoms with Crippen molar-refractivity contribution in [2.75, 3.05) is 18.4 Å². The molecule has 0 saturated carbocycles. The highest BCUT2D eigenvalue weighted by Crippen LogP contribution is 2.29. The number of carbonyl (C=O) groups is 1. The Hall–Kier alpha value is -1.62. The summed E-state index contributed by atoms with van der Waals surface area (Å²) in [5, 5.41) is 4.09. The largest absolute Gasteiger partial charge is 0.489 e. The van der Waals surface area contributed by atoms with Gasteiger partial charge in [0.2, 0.25) is 0 Å². The summed E-state index contributed by atoms with van der Waals surface area (Å²) in [7, 11) is 0. The molecule has 2 rings (SSSR count). The van der Waals surface area contributed by atoms with Gasteiger partial charge in [-0.15, -0.1) is 0 Å². The van der Waals surface area contributed by atoms with Crippen LogP contribution in [0.3, 0.4) is 0 Å². The fourth-order valence-electron chi connectivity index (χ4n) is 2.71. The molecular formula is C19H29ClN2O3. The predicted molar refractivity (Wildman–Crippen MR) is 102 cm³/mol. The van der Waals surface area contributed by atoms with Gasteiger partial charge in [0.05, 0.1) is 11.1 Å². The number of benzene rings is 1. The number of carbonyl (C=O) groups excluding carboxylic acids is 1. The number of anilines is 1. The van der Waals surface area contributed by atoms with Crippen molar-refractivity contribution in [1.29, 1.82) is 0 Å². The second kappa shape index (κ2) is 8.17. The predicted octanol–water partition coefficient (Wildman–Crippen LogP) is 4.94. The van der Waals surface area contributed by atoms with E-state index in [1.165, 1.54) is 0 Å². The van der Waals surface area contributed by atoms with Gasteiger partial charge < -0.3 is 19.7 Å². The zero-order valence-corrected chi connectivity index (χ0v) is 16.5. The summed E-state index contributed by atoms with van der Waals surface area (Å²) in [4.78, 5) is 13.9. The molecule has 1 aliphatic heterocycles. The Morgan fingerprint density at radius 3 is 2.44 bits per heavy atom. The molecule has 1 aromatic carbocycles. The number of halogens is 1. The molecule has 5 nitrogen and oxygen atoms in total. The highest BCUT2D eigenvalue weighted by molar-refractivity contribution is 6.32. The third-order valence-electron chi connectivity index (χ3n) is 3.81. The average Bonchev–Trinajstić information content (AvgIpc) is 2.48. The summed E-state index contributed by atoms with van der Waals surface area (Å²) in [6.45, 7) is 11.0.